The van der Waals surface area contributed by atoms with E-state index in [0.29, 0.717) is 0 Å². The Bertz CT molecular complexity index is 289. The van der Waals surface area contributed by atoms with Crippen molar-refractivity contribution < 1.29 is 0 Å². The Morgan fingerprint density at radius 3 is 2.91 bits per heavy atom. The van der Waals surface area contributed by atoms with E-state index < -0.39 is 0 Å². The molecule has 56 valence electrons. The van der Waals surface area contributed by atoms with Crippen LogP contribution < -0.4 is 5.25 Å². The molecule has 0 amide bonds. The topological polar surface area (TPSA) is 52.5 Å². The maximum Gasteiger partial charge on any atom is 0.154 e. The van der Waals surface area contributed by atoms with Gasteiger partial charge in [-0.3, -0.25) is 0 Å². The Morgan fingerprint density at radius 1 is 1.36 bits per heavy atom. The quantitative estimate of drug-likeness (QED) is 0.588. The Balaban J connectivity index is 0.000000281. The van der Waals surface area contributed by atoms with Crippen LogP contribution in [-0.2, 0) is 0 Å². The zero-order valence-electron chi connectivity index (χ0n) is 5.55. The monoisotopic (exact) mass is 168 g/mol. The molecular formula is C6H5ClN4. The lowest BCUT2D eigenvalue weighted by Gasteiger charge is -1.85. The van der Waals surface area contributed by atoms with Gasteiger partial charge in [-0.05, 0) is 11.3 Å². The summed E-state index contributed by atoms with van der Waals surface area (Å²) in [5, 5.41) is 10.4. The van der Waals surface area contributed by atoms with Gasteiger partial charge in [-0.2, -0.15) is 5.10 Å². The molecule has 11 heavy (non-hydrogen) atoms. The normalized spacial score (nSPS) is 8.91. The summed E-state index contributed by atoms with van der Waals surface area (Å²) in [4.78, 5) is 4.04. The largest absolute Gasteiger partial charge is 0.237 e. The van der Waals surface area contributed by atoms with Crippen LogP contribution in [0.3, 0.4) is 0 Å². The number of rotatable bonds is 0. The number of hydrogen-bond acceptors (Lipinski definition) is 2. The van der Waals surface area contributed by atoms with Crippen LogP contribution in [0.4, 0.5) is 0 Å². The van der Waals surface area contributed by atoms with E-state index in [-0.39, 0.29) is 0 Å². The highest BCUT2D eigenvalue weighted by Gasteiger charge is 1.86. The third-order valence-corrected chi connectivity index (χ3v) is 1.17. The molecule has 0 aromatic carbocycles. The molecule has 2 rings (SSSR count). The molecule has 0 saturated carbocycles. The Morgan fingerprint density at radius 2 is 2.18 bits per heavy atom. The van der Waals surface area contributed by atoms with Gasteiger partial charge in [0.25, 0.3) is 0 Å². The second-order valence-corrected chi connectivity index (χ2v) is 1.75. The molecule has 2 heterocycles. The molecular weight excluding hydrogens is 164 g/mol. The molecule has 2 radical (unpaired) electrons. The summed E-state index contributed by atoms with van der Waals surface area (Å²) in [6.07, 6.45) is 5.34. The smallest absolute Gasteiger partial charge is 0.154 e. The van der Waals surface area contributed by atoms with Gasteiger partial charge in [-0.25, -0.2) is 9.50 Å². The first-order chi connectivity index (χ1) is 5.47. The Hall–Kier alpha value is -1.13. The first-order valence-corrected chi connectivity index (χ1v) is 3.22. The number of halogens is 1. The highest BCUT2D eigenvalue weighted by Crippen LogP contribution is 1.93. The first-order valence-electron chi connectivity index (χ1n) is 2.88. The highest BCUT2D eigenvalue weighted by molar-refractivity contribution is 6.10. The fraction of sp³-hybridized carbons (Fsp3) is 0. The van der Waals surface area contributed by atoms with Gasteiger partial charge < -0.3 is 0 Å². The average molecular weight is 169 g/mol. The van der Waals surface area contributed by atoms with Crippen molar-refractivity contribution in [1.82, 2.24) is 19.9 Å². The van der Waals surface area contributed by atoms with Crippen LogP contribution in [0.15, 0.2) is 30.7 Å². The summed E-state index contributed by atoms with van der Waals surface area (Å²) in [5.41, 5.74) is 0.887. The molecule has 5 heteroatoms. The van der Waals surface area contributed by atoms with E-state index >= 15 is 0 Å². The van der Waals surface area contributed by atoms with Crippen molar-refractivity contribution >= 4 is 17.4 Å². The molecule has 0 aliphatic carbocycles. The van der Waals surface area contributed by atoms with Crippen LogP contribution in [0.1, 0.15) is 0 Å². The number of fused-ring (bicyclic) bond motifs is 1. The zero-order chi connectivity index (χ0) is 8.10. The lowest BCUT2D eigenvalue weighted by atomic mass is 10.6. The minimum absolute atomic E-state index is 0.887. The zero-order valence-corrected chi connectivity index (χ0v) is 6.31. The number of hydrogen-bond donors (Lipinski definition) is 0. The number of aromatic nitrogens is 3. The van der Waals surface area contributed by atoms with E-state index in [1.165, 1.54) is 0 Å². The SMILES string of the molecule is [N]Cl.c1cnc2ccnn2c1. The van der Waals surface area contributed by atoms with E-state index in [4.69, 9.17) is 5.25 Å². The summed E-state index contributed by atoms with van der Waals surface area (Å²) in [5.74, 6) is 0. The molecule has 0 spiro atoms. The maximum absolute atomic E-state index is 6.47. The minimum atomic E-state index is 0.887. The fourth-order valence-electron chi connectivity index (χ4n) is 0.764. The van der Waals surface area contributed by atoms with Crippen molar-refractivity contribution in [1.29, 1.82) is 0 Å². The third-order valence-electron chi connectivity index (χ3n) is 1.17. The second-order valence-electron chi connectivity index (χ2n) is 1.75. The molecule has 0 fully saturated rings. The maximum atomic E-state index is 6.47. The molecule has 2 aromatic heterocycles. The highest BCUT2D eigenvalue weighted by atomic mass is 35.5. The van der Waals surface area contributed by atoms with E-state index in [9.17, 15) is 0 Å². The molecule has 0 aliphatic rings. The van der Waals surface area contributed by atoms with Crippen molar-refractivity contribution in [2.45, 2.75) is 0 Å². The van der Waals surface area contributed by atoms with Gasteiger partial charge in [0.2, 0.25) is 0 Å². The summed E-state index contributed by atoms with van der Waals surface area (Å²) in [6, 6.07) is 3.71. The van der Waals surface area contributed by atoms with E-state index in [1.54, 1.807) is 16.9 Å². The van der Waals surface area contributed by atoms with Crippen molar-refractivity contribution in [3.8, 4) is 0 Å². The van der Waals surface area contributed by atoms with Crippen LogP contribution in [0.2, 0.25) is 0 Å². The van der Waals surface area contributed by atoms with E-state index in [1.807, 2.05) is 18.3 Å². The predicted molar refractivity (Wildman–Crippen MR) is 41.0 cm³/mol. The summed E-state index contributed by atoms with van der Waals surface area (Å²) in [7, 11) is 0. The lowest BCUT2D eigenvalue weighted by Crippen LogP contribution is -1.85. The molecule has 2 aromatic rings. The van der Waals surface area contributed by atoms with Gasteiger partial charge in [-0.15, -0.1) is 0 Å². The predicted octanol–water partition coefficient (Wildman–Crippen LogP) is 0.938. The summed E-state index contributed by atoms with van der Waals surface area (Å²) < 4.78 is 1.72. The first kappa shape index (κ1) is 7.97. The third kappa shape index (κ3) is 1.66. The van der Waals surface area contributed by atoms with Gasteiger partial charge in [0.05, 0.1) is 6.20 Å². The Kier molecular flexibility index (Phi) is 2.83. The van der Waals surface area contributed by atoms with Gasteiger partial charge in [0.15, 0.2) is 5.65 Å². The minimum Gasteiger partial charge on any atom is -0.237 e. The molecule has 4 nitrogen and oxygen atoms in total. The van der Waals surface area contributed by atoms with Crippen molar-refractivity contribution in [3.63, 3.8) is 0 Å². The summed E-state index contributed by atoms with van der Waals surface area (Å²) in [6.45, 7) is 0. The fourth-order valence-corrected chi connectivity index (χ4v) is 0.764. The molecule has 0 aliphatic heterocycles. The van der Waals surface area contributed by atoms with Crippen LogP contribution in [0.5, 0.6) is 0 Å². The number of nitrogens with zero attached hydrogens (tertiary/aromatic N) is 4. The van der Waals surface area contributed by atoms with Crippen molar-refractivity contribution in [3.05, 3.63) is 30.7 Å². The van der Waals surface area contributed by atoms with Gasteiger partial charge in [0.1, 0.15) is 0 Å². The molecule has 0 N–H and O–H groups in total. The second kappa shape index (κ2) is 3.90. The molecule has 0 atom stereocenters. The Labute approximate surface area is 68.7 Å². The standard InChI is InChI=1S/C6H5N3.ClN/c1-3-7-6-2-4-8-9(6)5-1;1-2/h1-5H;. The van der Waals surface area contributed by atoms with E-state index in [0.717, 1.165) is 5.65 Å². The van der Waals surface area contributed by atoms with Crippen LogP contribution in [-0.4, -0.2) is 14.6 Å². The van der Waals surface area contributed by atoms with Gasteiger partial charge in [0, 0.05) is 30.2 Å². The molecule has 0 bridgehead atoms. The van der Waals surface area contributed by atoms with Gasteiger partial charge in [-0.1, -0.05) is 0 Å². The van der Waals surface area contributed by atoms with E-state index in [2.05, 4.69) is 21.9 Å². The summed E-state index contributed by atoms with van der Waals surface area (Å²) >= 11 is 3.64. The van der Waals surface area contributed by atoms with Crippen LogP contribution >= 0.6 is 11.8 Å². The van der Waals surface area contributed by atoms with Crippen LogP contribution in [0, 0.1) is 0 Å². The van der Waals surface area contributed by atoms with Crippen molar-refractivity contribution in [2.24, 2.45) is 0 Å². The van der Waals surface area contributed by atoms with Crippen molar-refractivity contribution in [2.75, 3.05) is 0 Å². The van der Waals surface area contributed by atoms with Gasteiger partial charge >= 0.3 is 0 Å². The average Bonchev–Trinajstić information content (AvgIpc) is 2.55. The van der Waals surface area contributed by atoms with Crippen LogP contribution in [0.25, 0.3) is 5.65 Å². The molecule has 0 saturated heterocycles. The molecule has 0 unspecified atom stereocenters. The lowest BCUT2D eigenvalue weighted by molar-refractivity contribution is 0.939.